The number of benzene rings is 1. The number of hydrogen-bond donors (Lipinski definition) is 0. The Bertz CT molecular complexity index is 396. The smallest absolute Gasteiger partial charge is 0.130 e. The predicted molar refractivity (Wildman–Crippen MR) is 64.2 cm³/mol. The van der Waals surface area contributed by atoms with Crippen LogP contribution in [0.5, 0.6) is 0 Å². The number of halogens is 1. The van der Waals surface area contributed by atoms with Gasteiger partial charge in [-0.25, -0.2) is 4.39 Å². The average Bonchev–Trinajstić information content (AvgIpc) is 1.96. The summed E-state index contributed by atoms with van der Waals surface area (Å²) in [6, 6.07) is 3.49. The Balaban J connectivity index is 3.27. The lowest BCUT2D eigenvalue weighted by Gasteiger charge is -2.26. The number of hydrogen-bond acceptors (Lipinski definition) is 1. The molecule has 0 aliphatic heterocycles. The fraction of sp³-hybridized carbons (Fsp3) is 0.500. The van der Waals surface area contributed by atoms with Gasteiger partial charge >= 0.3 is 0 Å². The molecule has 1 nitrogen and oxygen atoms in total. The Morgan fingerprint density at radius 1 is 1.31 bits per heavy atom. The summed E-state index contributed by atoms with van der Waals surface area (Å²) in [5.74, 6) is -0.117. The summed E-state index contributed by atoms with van der Waals surface area (Å²) >= 11 is 0. The molecule has 0 radical (unpaired) electrons. The molecule has 0 aromatic heterocycles. The predicted octanol–water partition coefficient (Wildman–Crippen LogP) is 3.70. The van der Waals surface area contributed by atoms with Gasteiger partial charge in [0.15, 0.2) is 0 Å². The van der Waals surface area contributed by atoms with E-state index in [9.17, 15) is 9.18 Å². The van der Waals surface area contributed by atoms with Crippen molar-refractivity contribution in [2.45, 2.75) is 46.5 Å². The molecular formula is C14H19FO. The summed E-state index contributed by atoms with van der Waals surface area (Å²) in [5, 5.41) is 0. The van der Waals surface area contributed by atoms with Crippen molar-refractivity contribution in [1.82, 2.24) is 0 Å². The topological polar surface area (TPSA) is 17.1 Å². The quantitative estimate of drug-likeness (QED) is 0.762. The third-order valence-corrected chi connectivity index (χ3v) is 2.80. The number of carbonyl (C=O) groups excluding carboxylic acids is 1. The van der Waals surface area contributed by atoms with Crippen LogP contribution in [0.2, 0.25) is 0 Å². The molecule has 0 bridgehead atoms. The molecule has 16 heavy (non-hydrogen) atoms. The summed E-state index contributed by atoms with van der Waals surface area (Å²) in [7, 11) is 0. The second-order valence-electron chi connectivity index (χ2n) is 5.20. The summed E-state index contributed by atoms with van der Waals surface area (Å²) in [6.07, 6.45) is 0.369. The SMILES string of the molecule is CC(=O)CC(C)(C)c1c(C)cc(C)cc1F. The van der Waals surface area contributed by atoms with Gasteiger partial charge in [-0.3, -0.25) is 4.79 Å². The molecule has 1 rings (SSSR count). The summed E-state index contributed by atoms with van der Waals surface area (Å²) < 4.78 is 13.9. The lowest BCUT2D eigenvalue weighted by Crippen LogP contribution is -2.23. The summed E-state index contributed by atoms with van der Waals surface area (Å²) in [6.45, 7) is 9.14. The molecule has 0 atom stereocenters. The monoisotopic (exact) mass is 222 g/mol. The zero-order valence-electron chi connectivity index (χ0n) is 10.6. The third-order valence-electron chi connectivity index (χ3n) is 2.80. The van der Waals surface area contributed by atoms with Crippen molar-refractivity contribution in [2.75, 3.05) is 0 Å². The van der Waals surface area contributed by atoms with Crippen LogP contribution in [0.25, 0.3) is 0 Å². The highest BCUT2D eigenvalue weighted by molar-refractivity contribution is 5.77. The lowest BCUT2D eigenvalue weighted by molar-refractivity contribution is -0.118. The van der Waals surface area contributed by atoms with E-state index in [-0.39, 0.29) is 11.6 Å². The van der Waals surface area contributed by atoms with Gasteiger partial charge in [0.1, 0.15) is 11.6 Å². The molecule has 0 aliphatic carbocycles. The van der Waals surface area contributed by atoms with Crippen molar-refractivity contribution >= 4 is 5.78 Å². The van der Waals surface area contributed by atoms with Crippen molar-refractivity contribution in [3.05, 3.63) is 34.6 Å². The highest BCUT2D eigenvalue weighted by Crippen LogP contribution is 2.32. The lowest BCUT2D eigenvalue weighted by atomic mass is 9.77. The second kappa shape index (κ2) is 4.36. The van der Waals surface area contributed by atoms with Gasteiger partial charge in [-0.2, -0.15) is 0 Å². The number of Topliss-reactive ketones (excluding diaryl/α,β-unsaturated/α-hetero) is 1. The van der Waals surface area contributed by atoms with Gasteiger partial charge in [0.05, 0.1) is 0 Å². The first-order chi connectivity index (χ1) is 7.24. The average molecular weight is 222 g/mol. The molecule has 0 N–H and O–H groups in total. The standard InChI is InChI=1S/C14H19FO/c1-9-6-10(2)13(12(15)7-9)14(4,5)8-11(3)16/h6-7H,8H2,1-5H3. The second-order valence-corrected chi connectivity index (χ2v) is 5.20. The highest BCUT2D eigenvalue weighted by atomic mass is 19.1. The van der Waals surface area contributed by atoms with E-state index in [0.29, 0.717) is 12.0 Å². The van der Waals surface area contributed by atoms with Crippen LogP contribution in [0, 0.1) is 19.7 Å². The maximum absolute atomic E-state index is 13.9. The summed E-state index contributed by atoms with van der Waals surface area (Å²) in [4.78, 5) is 11.2. The van der Waals surface area contributed by atoms with Gasteiger partial charge in [0, 0.05) is 6.42 Å². The molecule has 0 aliphatic rings. The molecule has 0 saturated heterocycles. The molecule has 0 unspecified atom stereocenters. The van der Waals surface area contributed by atoms with Gasteiger partial charge in [-0.15, -0.1) is 0 Å². The fourth-order valence-corrected chi connectivity index (χ4v) is 2.48. The molecule has 1 aromatic rings. The molecule has 2 heteroatoms. The minimum atomic E-state index is -0.437. The Kier molecular flexibility index (Phi) is 3.51. The zero-order valence-corrected chi connectivity index (χ0v) is 10.6. The van der Waals surface area contributed by atoms with Gasteiger partial charge in [0.25, 0.3) is 0 Å². The van der Waals surface area contributed by atoms with Crippen molar-refractivity contribution in [3.8, 4) is 0 Å². The maximum atomic E-state index is 13.9. The first kappa shape index (κ1) is 12.9. The Morgan fingerprint density at radius 3 is 2.31 bits per heavy atom. The van der Waals surface area contributed by atoms with E-state index in [4.69, 9.17) is 0 Å². The largest absolute Gasteiger partial charge is 0.300 e. The molecule has 0 heterocycles. The van der Waals surface area contributed by atoms with E-state index in [1.165, 1.54) is 6.07 Å². The van der Waals surface area contributed by atoms with Crippen LogP contribution in [0.3, 0.4) is 0 Å². The third kappa shape index (κ3) is 2.69. The van der Waals surface area contributed by atoms with E-state index >= 15 is 0 Å². The summed E-state index contributed by atoms with van der Waals surface area (Å²) in [5.41, 5.74) is 2.06. The maximum Gasteiger partial charge on any atom is 0.130 e. The van der Waals surface area contributed by atoms with E-state index < -0.39 is 5.41 Å². The van der Waals surface area contributed by atoms with Gasteiger partial charge in [-0.1, -0.05) is 19.9 Å². The molecule has 0 fully saturated rings. The van der Waals surface area contributed by atoms with Crippen LogP contribution in [0.1, 0.15) is 43.9 Å². The normalized spacial score (nSPS) is 11.6. The zero-order chi connectivity index (χ0) is 12.5. The van der Waals surface area contributed by atoms with Crippen molar-refractivity contribution < 1.29 is 9.18 Å². The molecule has 0 saturated carbocycles. The number of carbonyl (C=O) groups is 1. The van der Waals surface area contributed by atoms with Crippen LogP contribution in [0.4, 0.5) is 4.39 Å². The van der Waals surface area contributed by atoms with E-state index in [1.807, 2.05) is 33.8 Å². The van der Waals surface area contributed by atoms with Crippen LogP contribution < -0.4 is 0 Å². The van der Waals surface area contributed by atoms with Gasteiger partial charge < -0.3 is 0 Å². The molecule has 1 aromatic carbocycles. The fourth-order valence-electron chi connectivity index (χ4n) is 2.48. The van der Waals surface area contributed by atoms with Gasteiger partial charge in [-0.05, 0) is 48.9 Å². The highest BCUT2D eigenvalue weighted by Gasteiger charge is 2.27. The Labute approximate surface area is 96.7 Å². The number of rotatable bonds is 3. The van der Waals surface area contributed by atoms with Crippen molar-refractivity contribution in [2.24, 2.45) is 0 Å². The van der Waals surface area contributed by atoms with Crippen LogP contribution in [-0.2, 0) is 10.2 Å². The molecule has 0 spiro atoms. The van der Waals surface area contributed by atoms with E-state index in [0.717, 1.165) is 11.1 Å². The Hall–Kier alpha value is -1.18. The van der Waals surface area contributed by atoms with E-state index in [2.05, 4.69) is 0 Å². The van der Waals surface area contributed by atoms with Crippen LogP contribution in [0.15, 0.2) is 12.1 Å². The van der Waals surface area contributed by atoms with Crippen LogP contribution >= 0.6 is 0 Å². The first-order valence-corrected chi connectivity index (χ1v) is 5.50. The Morgan fingerprint density at radius 2 is 1.88 bits per heavy atom. The molecular weight excluding hydrogens is 203 g/mol. The van der Waals surface area contributed by atoms with Crippen LogP contribution in [-0.4, -0.2) is 5.78 Å². The number of aryl methyl sites for hydroxylation is 2. The molecule has 0 amide bonds. The minimum absolute atomic E-state index is 0.0874. The first-order valence-electron chi connectivity index (χ1n) is 5.50. The molecule has 88 valence electrons. The van der Waals surface area contributed by atoms with Crippen molar-refractivity contribution in [3.63, 3.8) is 0 Å². The van der Waals surface area contributed by atoms with Gasteiger partial charge in [0.2, 0.25) is 0 Å². The van der Waals surface area contributed by atoms with E-state index in [1.54, 1.807) is 6.92 Å². The van der Waals surface area contributed by atoms with Crippen molar-refractivity contribution in [1.29, 1.82) is 0 Å². The number of ketones is 1. The minimum Gasteiger partial charge on any atom is -0.300 e.